The van der Waals surface area contributed by atoms with E-state index in [0.29, 0.717) is 41.2 Å². The standard InChI is InChI=1S/C31H33NO5/c1-32(18-9-19-35-22-10-3-2-4-11-22)26-20-21-16-17-23(26)29(21)37-30(33)31(34)24-12-5-7-14-27(24)36-28-15-8-6-13-25(28)31/h2-8,10-15,21,23,26,29,34H,9,16-20H2,1H3. The Kier molecular flexibility index (Phi) is 6.39. The van der Waals surface area contributed by atoms with Crippen LogP contribution >= 0.6 is 0 Å². The van der Waals surface area contributed by atoms with Crippen LogP contribution in [-0.2, 0) is 15.1 Å². The number of rotatable bonds is 8. The fourth-order valence-corrected chi connectivity index (χ4v) is 6.51. The molecule has 1 N–H and O–H groups in total. The zero-order valence-corrected chi connectivity index (χ0v) is 21.1. The van der Waals surface area contributed by atoms with E-state index in [-0.39, 0.29) is 12.0 Å². The lowest BCUT2D eigenvalue weighted by Crippen LogP contribution is -2.44. The molecule has 0 aromatic heterocycles. The SMILES string of the molecule is CN(CCCOc1ccccc1)C1CC2CCC1C2OC(=O)C1(O)c2ccccc2Oc2ccccc21. The zero-order chi connectivity index (χ0) is 25.4. The monoisotopic (exact) mass is 499 g/mol. The first kappa shape index (κ1) is 24.0. The maximum Gasteiger partial charge on any atom is 0.348 e. The summed E-state index contributed by atoms with van der Waals surface area (Å²) < 4.78 is 18.1. The number of carbonyl (C=O) groups excluding carboxylic acids is 1. The lowest BCUT2D eigenvalue weighted by atomic mass is 9.83. The van der Waals surface area contributed by atoms with E-state index in [1.807, 2.05) is 42.5 Å². The highest BCUT2D eigenvalue weighted by atomic mass is 16.6. The molecule has 0 radical (unpaired) electrons. The van der Waals surface area contributed by atoms with E-state index >= 15 is 0 Å². The molecule has 2 saturated carbocycles. The first-order valence-corrected chi connectivity index (χ1v) is 13.2. The minimum absolute atomic E-state index is 0.188. The number of hydrogen-bond acceptors (Lipinski definition) is 6. The van der Waals surface area contributed by atoms with Gasteiger partial charge < -0.3 is 24.2 Å². The Labute approximate surface area is 217 Å². The Morgan fingerprint density at radius 1 is 0.973 bits per heavy atom. The van der Waals surface area contributed by atoms with Gasteiger partial charge in [0.05, 0.1) is 6.61 Å². The first-order valence-electron chi connectivity index (χ1n) is 13.2. The summed E-state index contributed by atoms with van der Waals surface area (Å²) in [4.78, 5) is 16.2. The summed E-state index contributed by atoms with van der Waals surface area (Å²) in [7, 11) is 2.16. The molecule has 0 spiro atoms. The first-order chi connectivity index (χ1) is 18.1. The average Bonchev–Trinajstić information content (AvgIpc) is 3.48. The minimum Gasteiger partial charge on any atom is -0.494 e. The van der Waals surface area contributed by atoms with Gasteiger partial charge in [-0.2, -0.15) is 0 Å². The lowest BCUT2D eigenvalue weighted by Gasteiger charge is -2.35. The third-order valence-electron chi connectivity index (χ3n) is 8.34. The number of hydrogen-bond donors (Lipinski definition) is 1. The van der Waals surface area contributed by atoms with E-state index in [4.69, 9.17) is 14.2 Å². The van der Waals surface area contributed by atoms with Crippen LogP contribution in [0.25, 0.3) is 0 Å². The molecular formula is C31H33NO5. The van der Waals surface area contributed by atoms with Crippen LogP contribution in [0.1, 0.15) is 36.8 Å². The minimum atomic E-state index is -1.90. The molecule has 3 aliphatic rings. The number of aliphatic hydroxyl groups is 1. The molecule has 3 aromatic rings. The van der Waals surface area contributed by atoms with Crippen LogP contribution in [0.4, 0.5) is 0 Å². The third kappa shape index (κ3) is 4.28. The van der Waals surface area contributed by atoms with E-state index in [2.05, 4.69) is 11.9 Å². The van der Waals surface area contributed by atoms with Gasteiger partial charge in [-0.3, -0.25) is 0 Å². The van der Waals surface area contributed by atoms with Gasteiger partial charge in [-0.25, -0.2) is 4.79 Å². The maximum absolute atomic E-state index is 13.8. The second-order valence-electron chi connectivity index (χ2n) is 10.5. The lowest BCUT2D eigenvalue weighted by molar-refractivity contribution is -0.171. The van der Waals surface area contributed by atoms with Crippen molar-refractivity contribution in [2.75, 3.05) is 20.2 Å². The second-order valence-corrected chi connectivity index (χ2v) is 10.5. The van der Waals surface area contributed by atoms with E-state index < -0.39 is 11.6 Å². The van der Waals surface area contributed by atoms with Gasteiger partial charge in [-0.05, 0) is 62.9 Å². The molecular weight excluding hydrogens is 466 g/mol. The number of ether oxygens (including phenoxy) is 3. The highest BCUT2D eigenvalue weighted by molar-refractivity contribution is 5.88. The van der Waals surface area contributed by atoms with Crippen molar-refractivity contribution in [3.05, 3.63) is 90.0 Å². The molecule has 3 aromatic carbocycles. The maximum atomic E-state index is 13.8. The normalized spacial score (nSPS) is 24.7. The Bertz CT molecular complexity index is 1220. The summed E-state index contributed by atoms with van der Waals surface area (Å²) >= 11 is 0. The molecule has 6 heteroatoms. The van der Waals surface area contributed by atoms with Crippen molar-refractivity contribution in [3.8, 4) is 17.2 Å². The van der Waals surface area contributed by atoms with E-state index in [1.54, 1.807) is 36.4 Å². The zero-order valence-electron chi connectivity index (χ0n) is 21.1. The fraction of sp³-hybridized carbons (Fsp3) is 0.387. The molecule has 1 aliphatic heterocycles. The van der Waals surface area contributed by atoms with Gasteiger partial charge in [0.15, 0.2) is 0 Å². The van der Waals surface area contributed by atoms with Crippen LogP contribution in [0.5, 0.6) is 17.2 Å². The van der Waals surface area contributed by atoms with Crippen molar-refractivity contribution in [2.24, 2.45) is 11.8 Å². The van der Waals surface area contributed by atoms with Crippen molar-refractivity contribution >= 4 is 5.97 Å². The average molecular weight is 500 g/mol. The van der Waals surface area contributed by atoms with Crippen molar-refractivity contribution in [3.63, 3.8) is 0 Å². The number of esters is 1. The van der Waals surface area contributed by atoms with E-state index in [9.17, 15) is 9.90 Å². The molecule has 1 heterocycles. The molecule has 6 rings (SSSR count). The third-order valence-corrected chi connectivity index (χ3v) is 8.34. The Balaban J connectivity index is 1.13. The molecule has 2 aliphatic carbocycles. The van der Waals surface area contributed by atoms with E-state index in [0.717, 1.165) is 38.0 Å². The number of benzene rings is 3. The van der Waals surface area contributed by atoms with Crippen LogP contribution in [0.3, 0.4) is 0 Å². The molecule has 37 heavy (non-hydrogen) atoms. The van der Waals surface area contributed by atoms with Crippen molar-refractivity contribution in [1.29, 1.82) is 0 Å². The molecule has 0 amide bonds. The van der Waals surface area contributed by atoms with Crippen molar-refractivity contribution < 1.29 is 24.1 Å². The van der Waals surface area contributed by atoms with Gasteiger partial charge in [0, 0.05) is 29.6 Å². The summed E-state index contributed by atoms with van der Waals surface area (Å²) in [5.74, 6) is 1.82. The van der Waals surface area contributed by atoms with Crippen LogP contribution in [0, 0.1) is 11.8 Å². The molecule has 2 bridgehead atoms. The van der Waals surface area contributed by atoms with Crippen LogP contribution < -0.4 is 9.47 Å². The fourth-order valence-electron chi connectivity index (χ4n) is 6.51. The van der Waals surface area contributed by atoms with Crippen LogP contribution in [-0.4, -0.2) is 48.3 Å². The van der Waals surface area contributed by atoms with Crippen molar-refractivity contribution in [2.45, 2.75) is 43.4 Å². The van der Waals surface area contributed by atoms with Gasteiger partial charge in [-0.1, -0.05) is 54.6 Å². The summed E-state index contributed by atoms with van der Waals surface area (Å²) in [6.07, 6.45) is 3.84. The largest absolute Gasteiger partial charge is 0.494 e. The molecule has 4 atom stereocenters. The molecule has 192 valence electrons. The van der Waals surface area contributed by atoms with Crippen LogP contribution in [0.15, 0.2) is 78.9 Å². The quantitative estimate of drug-likeness (QED) is 0.342. The molecule has 6 nitrogen and oxygen atoms in total. The molecule has 0 saturated heterocycles. The second kappa shape index (κ2) is 9.84. The smallest absolute Gasteiger partial charge is 0.348 e. The molecule has 2 fully saturated rings. The van der Waals surface area contributed by atoms with Gasteiger partial charge >= 0.3 is 5.97 Å². The predicted octanol–water partition coefficient (Wildman–Crippen LogP) is 5.14. The van der Waals surface area contributed by atoms with Crippen LogP contribution in [0.2, 0.25) is 0 Å². The summed E-state index contributed by atoms with van der Waals surface area (Å²) in [6.45, 7) is 1.59. The number of nitrogens with zero attached hydrogens (tertiary/aromatic N) is 1. The van der Waals surface area contributed by atoms with E-state index in [1.165, 1.54) is 0 Å². The predicted molar refractivity (Wildman–Crippen MR) is 140 cm³/mol. The number of para-hydroxylation sites is 3. The van der Waals surface area contributed by atoms with Gasteiger partial charge in [-0.15, -0.1) is 0 Å². The number of carbonyl (C=O) groups is 1. The Morgan fingerprint density at radius 3 is 2.32 bits per heavy atom. The summed E-state index contributed by atoms with van der Waals surface area (Å²) in [6, 6.07) is 24.6. The van der Waals surface area contributed by atoms with Gasteiger partial charge in [0.1, 0.15) is 23.4 Å². The van der Waals surface area contributed by atoms with Crippen molar-refractivity contribution in [1.82, 2.24) is 4.90 Å². The highest BCUT2D eigenvalue weighted by Crippen LogP contribution is 2.51. The number of fused-ring (bicyclic) bond motifs is 4. The highest BCUT2D eigenvalue weighted by Gasteiger charge is 2.55. The Morgan fingerprint density at radius 2 is 1.62 bits per heavy atom. The summed E-state index contributed by atoms with van der Waals surface area (Å²) in [5, 5.41) is 11.9. The molecule has 4 unspecified atom stereocenters. The topological polar surface area (TPSA) is 68.2 Å². The van der Waals surface area contributed by atoms with Gasteiger partial charge in [0.25, 0.3) is 0 Å². The Hall–Kier alpha value is -3.35. The van der Waals surface area contributed by atoms with Gasteiger partial charge in [0.2, 0.25) is 5.60 Å². The summed E-state index contributed by atoms with van der Waals surface area (Å²) in [5.41, 5.74) is -1.05.